The number of nitriles is 1. The predicted molar refractivity (Wildman–Crippen MR) is 68.4 cm³/mol. The fraction of sp³-hybridized carbons (Fsp3) is 0. The minimum absolute atomic E-state index is 0.0295. The lowest BCUT2D eigenvalue weighted by atomic mass is 10.2. The van der Waals surface area contributed by atoms with Gasteiger partial charge in [-0.3, -0.25) is 0 Å². The fourth-order valence-electron chi connectivity index (χ4n) is 1.54. The smallest absolute Gasteiger partial charge is 0.150 e. The van der Waals surface area contributed by atoms with E-state index in [2.05, 4.69) is 21.2 Å². The van der Waals surface area contributed by atoms with Crippen LogP contribution in [0.1, 0.15) is 5.56 Å². The van der Waals surface area contributed by atoms with Crippen LogP contribution in [0.25, 0.3) is 0 Å². The monoisotopic (exact) mass is 344 g/mol. The van der Waals surface area contributed by atoms with Crippen molar-refractivity contribution in [3.63, 3.8) is 0 Å². The summed E-state index contributed by atoms with van der Waals surface area (Å²) in [6.07, 6.45) is 0. The molecule has 0 atom stereocenters. The minimum atomic E-state index is -1.06. The Morgan fingerprint density at radius 2 is 1.45 bits per heavy atom. The van der Waals surface area contributed by atoms with Crippen molar-refractivity contribution in [2.24, 2.45) is 0 Å². The van der Waals surface area contributed by atoms with Crippen molar-refractivity contribution in [3.05, 3.63) is 57.6 Å². The van der Waals surface area contributed by atoms with Crippen LogP contribution in [0.15, 0.2) is 28.7 Å². The van der Waals surface area contributed by atoms with Crippen molar-refractivity contribution in [2.75, 3.05) is 5.32 Å². The highest BCUT2D eigenvalue weighted by Gasteiger charge is 2.16. The van der Waals surface area contributed by atoms with E-state index in [4.69, 9.17) is 5.26 Å². The lowest BCUT2D eigenvalue weighted by Crippen LogP contribution is -2.02. The first-order chi connectivity index (χ1) is 9.42. The summed E-state index contributed by atoms with van der Waals surface area (Å²) < 4.78 is 53.8. The van der Waals surface area contributed by atoms with Crippen LogP contribution in [-0.4, -0.2) is 0 Å². The molecule has 0 fully saturated rings. The lowest BCUT2D eigenvalue weighted by Gasteiger charge is -2.12. The number of hydrogen-bond donors (Lipinski definition) is 1. The number of nitrogens with one attached hydrogen (secondary N) is 1. The van der Waals surface area contributed by atoms with E-state index >= 15 is 0 Å². The largest absolute Gasteiger partial charge is 0.347 e. The molecule has 0 aliphatic carbocycles. The van der Waals surface area contributed by atoms with Crippen LogP contribution >= 0.6 is 15.9 Å². The number of hydrogen-bond acceptors (Lipinski definition) is 2. The maximum Gasteiger partial charge on any atom is 0.150 e. The Morgan fingerprint density at radius 1 is 0.900 bits per heavy atom. The molecular weight excluding hydrogens is 340 g/mol. The van der Waals surface area contributed by atoms with Crippen LogP contribution in [0, 0.1) is 34.6 Å². The molecule has 0 aromatic heterocycles. The molecule has 0 saturated carbocycles. The molecule has 2 aromatic rings. The molecule has 0 saturated heterocycles. The first kappa shape index (κ1) is 14.3. The van der Waals surface area contributed by atoms with E-state index in [1.54, 1.807) is 6.07 Å². The van der Waals surface area contributed by atoms with Crippen molar-refractivity contribution >= 4 is 27.3 Å². The number of halogens is 5. The topological polar surface area (TPSA) is 35.8 Å². The molecular formula is C13H5BrF4N2. The van der Waals surface area contributed by atoms with E-state index in [-0.39, 0.29) is 15.7 Å². The molecule has 2 nitrogen and oxygen atoms in total. The fourth-order valence-corrected chi connectivity index (χ4v) is 2.05. The summed E-state index contributed by atoms with van der Waals surface area (Å²) >= 11 is 2.89. The molecule has 7 heteroatoms. The average Bonchev–Trinajstić information content (AvgIpc) is 2.35. The molecule has 0 amide bonds. The zero-order valence-electron chi connectivity index (χ0n) is 9.65. The van der Waals surface area contributed by atoms with E-state index in [0.717, 1.165) is 18.2 Å². The van der Waals surface area contributed by atoms with Crippen molar-refractivity contribution in [1.82, 2.24) is 0 Å². The highest BCUT2D eigenvalue weighted by molar-refractivity contribution is 9.10. The molecule has 0 radical (unpaired) electrons. The van der Waals surface area contributed by atoms with Gasteiger partial charge in [-0.2, -0.15) is 5.26 Å². The number of rotatable bonds is 2. The summed E-state index contributed by atoms with van der Waals surface area (Å²) in [6, 6.07) is 4.73. The van der Waals surface area contributed by atoms with E-state index in [0.29, 0.717) is 6.07 Å². The average molecular weight is 345 g/mol. The van der Waals surface area contributed by atoms with Crippen molar-refractivity contribution in [2.45, 2.75) is 0 Å². The van der Waals surface area contributed by atoms with Gasteiger partial charge in [0, 0.05) is 10.5 Å². The van der Waals surface area contributed by atoms with Crippen LogP contribution < -0.4 is 5.32 Å². The highest BCUT2D eigenvalue weighted by atomic mass is 79.9. The zero-order chi connectivity index (χ0) is 14.9. The second-order valence-electron chi connectivity index (χ2n) is 3.80. The van der Waals surface area contributed by atoms with Gasteiger partial charge in [-0.1, -0.05) is 0 Å². The molecule has 102 valence electrons. The van der Waals surface area contributed by atoms with E-state index in [1.165, 1.54) is 0 Å². The molecule has 2 rings (SSSR count). The Labute approximate surface area is 119 Å². The maximum atomic E-state index is 13.7. The third kappa shape index (κ3) is 2.75. The summed E-state index contributed by atoms with van der Waals surface area (Å²) in [5, 5.41) is 10.8. The third-order valence-corrected chi connectivity index (χ3v) is 3.05. The summed E-state index contributed by atoms with van der Waals surface area (Å²) in [7, 11) is 0. The van der Waals surface area contributed by atoms with Gasteiger partial charge >= 0.3 is 0 Å². The first-order valence-corrected chi connectivity index (χ1v) is 6.02. The molecule has 20 heavy (non-hydrogen) atoms. The normalized spacial score (nSPS) is 10.2. The van der Waals surface area contributed by atoms with Crippen molar-refractivity contribution < 1.29 is 17.6 Å². The number of nitrogens with zero attached hydrogens (tertiary/aromatic N) is 1. The molecule has 0 unspecified atom stereocenters. The lowest BCUT2D eigenvalue weighted by molar-refractivity contribution is 0.580. The third-order valence-electron chi connectivity index (χ3n) is 2.43. The molecule has 0 spiro atoms. The van der Waals surface area contributed by atoms with Gasteiger partial charge in [0.15, 0.2) is 17.5 Å². The molecule has 0 aliphatic heterocycles. The first-order valence-electron chi connectivity index (χ1n) is 5.23. The quantitative estimate of drug-likeness (QED) is 0.807. The Bertz CT molecular complexity index is 679. The molecule has 0 bridgehead atoms. The zero-order valence-corrected chi connectivity index (χ0v) is 11.2. The van der Waals surface area contributed by atoms with E-state index in [1.807, 2.05) is 0 Å². The van der Waals surface area contributed by atoms with Crippen LogP contribution in [0.2, 0.25) is 0 Å². The van der Waals surface area contributed by atoms with Gasteiger partial charge in [0.2, 0.25) is 0 Å². The van der Waals surface area contributed by atoms with Gasteiger partial charge in [0.1, 0.15) is 11.5 Å². The van der Waals surface area contributed by atoms with Crippen LogP contribution in [0.3, 0.4) is 0 Å². The predicted octanol–water partition coefficient (Wildman–Crippen LogP) is 4.62. The summed E-state index contributed by atoms with van der Waals surface area (Å²) in [4.78, 5) is 0. The summed E-state index contributed by atoms with van der Waals surface area (Å²) in [5.74, 6) is -3.96. The van der Waals surface area contributed by atoms with Gasteiger partial charge in [0.25, 0.3) is 0 Å². The second-order valence-corrected chi connectivity index (χ2v) is 4.65. The Morgan fingerprint density at radius 3 is 1.95 bits per heavy atom. The highest BCUT2D eigenvalue weighted by Crippen LogP contribution is 2.32. The second kappa shape index (κ2) is 5.51. The van der Waals surface area contributed by atoms with Gasteiger partial charge < -0.3 is 5.32 Å². The van der Waals surface area contributed by atoms with Crippen molar-refractivity contribution in [3.8, 4) is 6.07 Å². The SMILES string of the molecule is N#Cc1cc(F)c(Nc2c(F)cc(F)cc2Br)c(F)c1. The number of benzene rings is 2. The molecule has 2 aromatic carbocycles. The Hall–Kier alpha value is -2.07. The van der Waals surface area contributed by atoms with E-state index in [9.17, 15) is 17.6 Å². The maximum absolute atomic E-state index is 13.7. The molecule has 0 heterocycles. The molecule has 0 aliphatic rings. The Balaban J connectivity index is 2.49. The van der Waals surface area contributed by atoms with Crippen LogP contribution in [-0.2, 0) is 0 Å². The summed E-state index contributed by atoms with van der Waals surface area (Å²) in [5.41, 5.74) is -1.15. The number of anilines is 2. The van der Waals surface area contributed by atoms with Crippen LogP contribution in [0.5, 0.6) is 0 Å². The van der Waals surface area contributed by atoms with Gasteiger partial charge in [-0.05, 0) is 34.1 Å². The van der Waals surface area contributed by atoms with Crippen molar-refractivity contribution in [1.29, 1.82) is 5.26 Å². The molecule has 1 N–H and O–H groups in total. The van der Waals surface area contributed by atoms with Gasteiger partial charge in [0.05, 0.1) is 17.3 Å². The van der Waals surface area contributed by atoms with E-state index < -0.39 is 29.0 Å². The van der Waals surface area contributed by atoms with Crippen LogP contribution in [0.4, 0.5) is 28.9 Å². The summed E-state index contributed by atoms with van der Waals surface area (Å²) in [6.45, 7) is 0. The Kier molecular flexibility index (Phi) is 3.95. The minimum Gasteiger partial charge on any atom is -0.347 e. The standard InChI is InChI=1S/C13H5BrF4N2/c14-8-3-7(15)4-11(18)12(8)20-13-9(16)1-6(5-19)2-10(13)17/h1-4,20H. The van der Waals surface area contributed by atoms with Gasteiger partial charge in [-0.25, -0.2) is 17.6 Å². The van der Waals surface area contributed by atoms with Gasteiger partial charge in [-0.15, -0.1) is 0 Å².